The van der Waals surface area contributed by atoms with Gasteiger partial charge in [-0.25, -0.2) is 0 Å². The lowest BCUT2D eigenvalue weighted by molar-refractivity contribution is 0.0994. The first-order valence-corrected chi connectivity index (χ1v) is 8.74. The van der Waals surface area contributed by atoms with E-state index in [2.05, 4.69) is 15.5 Å². The van der Waals surface area contributed by atoms with Gasteiger partial charge in [-0.2, -0.15) is 4.68 Å². The fourth-order valence-corrected chi connectivity index (χ4v) is 3.36. The summed E-state index contributed by atoms with van der Waals surface area (Å²) >= 11 is 7.24. The van der Waals surface area contributed by atoms with Crippen LogP contribution in [0.1, 0.15) is 17.3 Å². The molecule has 128 valence electrons. The molecule has 1 atom stereocenters. The monoisotopic (exact) mass is 374 g/mol. The van der Waals surface area contributed by atoms with Gasteiger partial charge in [-0.3, -0.25) is 4.79 Å². The molecule has 8 heteroatoms. The Kier molecular flexibility index (Phi) is 5.35. The summed E-state index contributed by atoms with van der Waals surface area (Å²) in [6.07, 6.45) is 0. The van der Waals surface area contributed by atoms with Gasteiger partial charge in [-0.1, -0.05) is 47.6 Å². The van der Waals surface area contributed by atoms with Gasteiger partial charge in [0.05, 0.1) is 12.4 Å². The van der Waals surface area contributed by atoms with Crippen molar-refractivity contribution in [1.29, 1.82) is 0 Å². The number of rotatable bonds is 6. The predicted octanol–water partition coefficient (Wildman–Crippen LogP) is 3.69. The van der Waals surface area contributed by atoms with E-state index in [1.165, 1.54) is 11.8 Å². The van der Waals surface area contributed by atoms with Gasteiger partial charge < -0.3 is 4.74 Å². The van der Waals surface area contributed by atoms with E-state index in [1.807, 2.05) is 31.2 Å². The number of benzene rings is 2. The summed E-state index contributed by atoms with van der Waals surface area (Å²) in [4.78, 5) is 12.6. The molecule has 0 bridgehead atoms. The lowest BCUT2D eigenvalue weighted by Crippen LogP contribution is -2.14. The Hall–Kier alpha value is -2.38. The Bertz CT molecular complexity index is 900. The van der Waals surface area contributed by atoms with Crippen LogP contribution in [0, 0.1) is 0 Å². The minimum atomic E-state index is -0.377. The molecule has 0 N–H and O–H groups in total. The highest BCUT2D eigenvalue weighted by atomic mass is 35.5. The quantitative estimate of drug-likeness (QED) is 0.484. The summed E-state index contributed by atoms with van der Waals surface area (Å²) in [6.45, 7) is 1.81. The second kappa shape index (κ2) is 7.67. The number of thioether (sulfide) groups is 1. The maximum Gasteiger partial charge on any atom is 0.214 e. The van der Waals surface area contributed by atoms with Crippen molar-refractivity contribution < 1.29 is 9.53 Å². The Morgan fingerprint density at radius 2 is 2.04 bits per heavy atom. The van der Waals surface area contributed by atoms with Crippen LogP contribution in [-0.4, -0.2) is 38.4 Å². The number of hydrogen-bond donors (Lipinski definition) is 0. The van der Waals surface area contributed by atoms with E-state index in [1.54, 1.807) is 36.1 Å². The van der Waals surface area contributed by atoms with Gasteiger partial charge in [-0.05, 0) is 41.6 Å². The van der Waals surface area contributed by atoms with Crippen molar-refractivity contribution in [2.45, 2.75) is 17.3 Å². The second-order valence-electron chi connectivity index (χ2n) is 5.18. The molecule has 25 heavy (non-hydrogen) atoms. The Balaban J connectivity index is 1.85. The first-order chi connectivity index (χ1) is 12.1. The minimum absolute atomic E-state index is 0.0397. The average Bonchev–Trinajstić information content (AvgIpc) is 3.08. The summed E-state index contributed by atoms with van der Waals surface area (Å²) < 4.78 is 6.91. The fraction of sp³-hybridized carbons (Fsp3) is 0.176. The van der Waals surface area contributed by atoms with Gasteiger partial charge in [0.2, 0.25) is 5.16 Å². The van der Waals surface area contributed by atoms with Crippen molar-refractivity contribution >= 4 is 29.1 Å². The van der Waals surface area contributed by atoms with Crippen LogP contribution in [0.3, 0.4) is 0 Å². The van der Waals surface area contributed by atoms with Crippen LogP contribution >= 0.6 is 23.4 Å². The number of halogens is 1. The molecule has 0 radical (unpaired) electrons. The van der Waals surface area contributed by atoms with Crippen molar-refractivity contribution in [3.8, 4) is 11.4 Å². The van der Waals surface area contributed by atoms with Crippen LogP contribution < -0.4 is 4.74 Å². The molecule has 0 saturated carbocycles. The molecule has 2 aromatic carbocycles. The van der Waals surface area contributed by atoms with Crippen LogP contribution in [0.25, 0.3) is 5.69 Å². The molecule has 0 aliphatic carbocycles. The molecule has 3 aromatic rings. The summed E-state index contributed by atoms with van der Waals surface area (Å²) in [5.74, 6) is 0.604. The van der Waals surface area contributed by atoms with Gasteiger partial charge in [0.25, 0.3) is 0 Å². The largest absolute Gasteiger partial charge is 0.494 e. The van der Waals surface area contributed by atoms with Gasteiger partial charge in [-0.15, -0.1) is 5.10 Å². The molecule has 1 heterocycles. The lowest BCUT2D eigenvalue weighted by atomic mass is 10.1. The maximum absolute atomic E-state index is 12.6. The molecule has 0 saturated heterocycles. The first kappa shape index (κ1) is 17.4. The maximum atomic E-state index is 12.6. The molecule has 0 fully saturated rings. The fourth-order valence-electron chi connectivity index (χ4n) is 2.30. The topological polar surface area (TPSA) is 69.9 Å². The molecular formula is C17H15ClN4O2S. The number of ketones is 1. The minimum Gasteiger partial charge on any atom is -0.494 e. The second-order valence-corrected chi connectivity index (χ2v) is 6.92. The van der Waals surface area contributed by atoms with Gasteiger partial charge in [0.15, 0.2) is 5.78 Å². The zero-order valence-electron chi connectivity index (χ0n) is 13.6. The average molecular weight is 375 g/mol. The normalized spacial score (nSPS) is 12.0. The Labute approximate surface area is 154 Å². The number of carbonyl (C=O) groups excluding carboxylic acids is 1. The lowest BCUT2D eigenvalue weighted by Gasteiger charge is -2.12. The van der Waals surface area contributed by atoms with Crippen LogP contribution in [0.15, 0.2) is 53.7 Å². The standard InChI is InChI=1S/C17H15ClN4O2S/c1-11(16(23)12-6-5-7-13(18)10-12)25-17-19-20-21-22(17)14-8-3-4-9-15(14)24-2/h3-11H,1-2H3. The first-order valence-electron chi connectivity index (χ1n) is 7.48. The SMILES string of the molecule is COc1ccccc1-n1nnnc1SC(C)C(=O)c1cccc(Cl)c1. The van der Waals surface area contributed by atoms with Gasteiger partial charge in [0.1, 0.15) is 11.4 Å². The Morgan fingerprint density at radius 3 is 2.80 bits per heavy atom. The summed E-state index contributed by atoms with van der Waals surface area (Å²) in [5.41, 5.74) is 1.27. The van der Waals surface area contributed by atoms with E-state index >= 15 is 0 Å². The van der Waals surface area contributed by atoms with E-state index < -0.39 is 0 Å². The number of tetrazole rings is 1. The van der Waals surface area contributed by atoms with Crippen LogP contribution in [-0.2, 0) is 0 Å². The van der Waals surface area contributed by atoms with E-state index in [0.29, 0.717) is 27.2 Å². The van der Waals surface area contributed by atoms with E-state index in [0.717, 1.165) is 0 Å². The number of methoxy groups -OCH3 is 1. The van der Waals surface area contributed by atoms with E-state index in [9.17, 15) is 4.79 Å². The molecular weight excluding hydrogens is 360 g/mol. The summed E-state index contributed by atoms with van der Waals surface area (Å²) in [7, 11) is 1.58. The molecule has 0 spiro atoms. The molecule has 1 aromatic heterocycles. The smallest absolute Gasteiger partial charge is 0.214 e. The van der Waals surface area contributed by atoms with E-state index in [4.69, 9.17) is 16.3 Å². The highest BCUT2D eigenvalue weighted by Crippen LogP contribution is 2.29. The number of aromatic nitrogens is 4. The molecule has 0 aliphatic rings. The van der Waals surface area contributed by atoms with Crippen LogP contribution in [0.4, 0.5) is 0 Å². The molecule has 0 aliphatic heterocycles. The van der Waals surface area contributed by atoms with Gasteiger partial charge in [0, 0.05) is 10.6 Å². The molecule has 6 nitrogen and oxygen atoms in total. The zero-order chi connectivity index (χ0) is 17.8. The molecule has 3 rings (SSSR count). The number of carbonyl (C=O) groups is 1. The predicted molar refractivity (Wildman–Crippen MR) is 96.8 cm³/mol. The van der Waals surface area contributed by atoms with Gasteiger partial charge >= 0.3 is 0 Å². The van der Waals surface area contributed by atoms with Crippen molar-refractivity contribution in [1.82, 2.24) is 20.2 Å². The number of hydrogen-bond acceptors (Lipinski definition) is 6. The molecule has 1 unspecified atom stereocenters. The van der Waals surface area contributed by atoms with Crippen molar-refractivity contribution in [2.75, 3.05) is 7.11 Å². The zero-order valence-corrected chi connectivity index (χ0v) is 15.2. The summed E-state index contributed by atoms with van der Waals surface area (Å²) in [5, 5.41) is 12.4. The summed E-state index contributed by atoms with van der Waals surface area (Å²) in [6, 6.07) is 14.3. The molecule has 0 amide bonds. The van der Waals surface area contributed by atoms with Crippen molar-refractivity contribution in [2.24, 2.45) is 0 Å². The van der Waals surface area contributed by atoms with Crippen molar-refractivity contribution in [3.63, 3.8) is 0 Å². The third-order valence-electron chi connectivity index (χ3n) is 3.51. The van der Waals surface area contributed by atoms with Crippen LogP contribution in [0.5, 0.6) is 5.75 Å². The highest BCUT2D eigenvalue weighted by Gasteiger charge is 2.21. The van der Waals surface area contributed by atoms with Crippen molar-refractivity contribution in [3.05, 3.63) is 59.1 Å². The highest BCUT2D eigenvalue weighted by molar-refractivity contribution is 8.00. The number of ether oxygens (including phenoxy) is 1. The van der Waals surface area contributed by atoms with E-state index in [-0.39, 0.29) is 11.0 Å². The third kappa shape index (κ3) is 3.83. The number of Topliss-reactive ketones (excluding diaryl/α,β-unsaturated/α-hetero) is 1. The number of nitrogens with zero attached hydrogens (tertiary/aromatic N) is 4. The Morgan fingerprint density at radius 1 is 1.24 bits per heavy atom. The van der Waals surface area contributed by atoms with Crippen LogP contribution in [0.2, 0.25) is 5.02 Å². The number of para-hydroxylation sites is 2. The third-order valence-corrected chi connectivity index (χ3v) is 4.78.